The van der Waals surface area contributed by atoms with Crippen LogP contribution < -0.4 is 10.2 Å². The molecule has 1 atom stereocenters. The molecule has 2 heterocycles. The number of aromatic nitrogens is 1. The van der Waals surface area contributed by atoms with Crippen LogP contribution in [-0.4, -0.2) is 37.2 Å². The number of aryl methyl sites for hydroxylation is 1. The zero-order valence-electron chi connectivity index (χ0n) is 14.9. The highest BCUT2D eigenvalue weighted by atomic mass is 16.5. The van der Waals surface area contributed by atoms with Gasteiger partial charge in [0.2, 0.25) is 0 Å². The molecule has 1 aliphatic heterocycles. The summed E-state index contributed by atoms with van der Waals surface area (Å²) in [5.74, 6) is 0.801. The van der Waals surface area contributed by atoms with Crippen molar-refractivity contribution in [2.45, 2.75) is 38.6 Å². The van der Waals surface area contributed by atoms with E-state index < -0.39 is 0 Å². The number of ether oxygens (including phenoxy) is 1. The SMILES string of the molecule is COC(=O)C1CCCN(c2ncc(NC3CC3)c3ccc(C)cc23)C1. The summed E-state index contributed by atoms with van der Waals surface area (Å²) in [4.78, 5) is 19.0. The molecule has 1 aromatic carbocycles. The van der Waals surface area contributed by atoms with Gasteiger partial charge >= 0.3 is 5.97 Å². The molecule has 5 heteroatoms. The van der Waals surface area contributed by atoms with Gasteiger partial charge in [0.15, 0.2) is 0 Å². The van der Waals surface area contributed by atoms with E-state index >= 15 is 0 Å². The quantitative estimate of drug-likeness (QED) is 0.864. The second-order valence-electron chi connectivity index (χ2n) is 7.27. The lowest BCUT2D eigenvalue weighted by molar-refractivity contribution is -0.145. The van der Waals surface area contributed by atoms with Crippen LogP contribution in [0.4, 0.5) is 11.5 Å². The number of piperidine rings is 1. The van der Waals surface area contributed by atoms with Gasteiger partial charge in [0.1, 0.15) is 5.82 Å². The van der Waals surface area contributed by atoms with Gasteiger partial charge in [0.05, 0.1) is 24.9 Å². The van der Waals surface area contributed by atoms with Crippen molar-refractivity contribution in [1.29, 1.82) is 0 Å². The standard InChI is InChI=1S/C20H25N3O2/c1-13-5-8-16-17(10-13)19(21-11-18(16)22-15-6-7-15)23-9-3-4-14(12-23)20(24)25-2/h5,8,10-11,14-15,22H,3-4,6-7,9,12H2,1-2H3. The highest BCUT2D eigenvalue weighted by Crippen LogP contribution is 2.35. The number of nitrogens with zero attached hydrogens (tertiary/aromatic N) is 2. The minimum Gasteiger partial charge on any atom is -0.469 e. The number of pyridine rings is 1. The van der Waals surface area contributed by atoms with Crippen LogP contribution in [0.3, 0.4) is 0 Å². The third-order valence-electron chi connectivity index (χ3n) is 5.21. The minimum atomic E-state index is -0.114. The molecule has 1 saturated carbocycles. The van der Waals surface area contributed by atoms with Gasteiger partial charge in [-0.25, -0.2) is 4.98 Å². The van der Waals surface area contributed by atoms with Crippen molar-refractivity contribution in [2.75, 3.05) is 30.4 Å². The monoisotopic (exact) mass is 339 g/mol. The number of fused-ring (bicyclic) bond motifs is 1. The number of carbonyl (C=O) groups is 1. The fourth-order valence-corrected chi connectivity index (χ4v) is 3.69. The molecule has 0 radical (unpaired) electrons. The maximum Gasteiger partial charge on any atom is 0.310 e. The van der Waals surface area contributed by atoms with E-state index in [0.29, 0.717) is 12.6 Å². The molecule has 2 fully saturated rings. The highest BCUT2D eigenvalue weighted by molar-refractivity contribution is 6.00. The van der Waals surface area contributed by atoms with Crippen LogP contribution in [0.15, 0.2) is 24.4 Å². The Bertz CT molecular complexity index is 801. The van der Waals surface area contributed by atoms with Crippen molar-refractivity contribution in [3.8, 4) is 0 Å². The van der Waals surface area contributed by atoms with Crippen LogP contribution in [0.1, 0.15) is 31.2 Å². The van der Waals surface area contributed by atoms with Crippen molar-refractivity contribution in [1.82, 2.24) is 4.98 Å². The molecule has 1 unspecified atom stereocenters. The number of hydrogen-bond donors (Lipinski definition) is 1. The second kappa shape index (κ2) is 6.54. The number of anilines is 2. The number of carbonyl (C=O) groups excluding carboxylic acids is 1. The number of esters is 1. The van der Waals surface area contributed by atoms with E-state index in [-0.39, 0.29) is 11.9 Å². The summed E-state index contributed by atoms with van der Waals surface area (Å²) in [5.41, 5.74) is 2.34. The van der Waals surface area contributed by atoms with Crippen molar-refractivity contribution in [3.05, 3.63) is 30.0 Å². The smallest absolute Gasteiger partial charge is 0.310 e. The average Bonchev–Trinajstić information content (AvgIpc) is 3.45. The Labute approximate surface area is 148 Å². The average molecular weight is 339 g/mol. The first-order valence-electron chi connectivity index (χ1n) is 9.14. The largest absolute Gasteiger partial charge is 0.469 e. The summed E-state index contributed by atoms with van der Waals surface area (Å²) in [5, 5.41) is 5.96. The van der Waals surface area contributed by atoms with E-state index in [0.717, 1.165) is 36.3 Å². The lowest BCUT2D eigenvalue weighted by Crippen LogP contribution is -2.39. The molecule has 0 bridgehead atoms. The molecular formula is C20H25N3O2. The van der Waals surface area contributed by atoms with E-state index in [1.165, 1.54) is 30.9 Å². The second-order valence-corrected chi connectivity index (χ2v) is 7.27. The first kappa shape index (κ1) is 16.2. The van der Waals surface area contributed by atoms with E-state index in [9.17, 15) is 4.79 Å². The fourth-order valence-electron chi connectivity index (χ4n) is 3.69. The number of benzene rings is 1. The van der Waals surface area contributed by atoms with E-state index in [1.54, 1.807) is 0 Å². The van der Waals surface area contributed by atoms with E-state index in [1.807, 2.05) is 6.20 Å². The van der Waals surface area contributed by atoms with Gasteiger partial charge < -0.3 is 15.0 Å². The first-order valence-corrected chi connectivity index (χ1v) is 9.14. The Kier molecular flexibility index (Phi) is 4.24. The van der Waals surface area contributed by atoms with Gasteiger partial charge in [-0.05, 0) is 38.7 Å². The van der Waals surface area contributed by atoms with Crippen LogP contribution in [0.2, 0.25) is 0 Å². The minimum absolute atomic E-state index is 0.0651. The van der Waals surface area contributed by atoms with E-state index in [4.69, 9.17) is 9.72 Å². The van der Waals surface area contributed by atoms with Crippen molar-refractivity contribution in [2.24, 2.45) is 5.92 Å². The van der Waals surface area contributed by atoms with Gasteiger partial charge in [-0.2, -0.15) is 0 Å². The molecule has 2 aromatic rings. The molecular weight excluding hydrogens is 314 g/mol. The maximum absolute atomic E-state index is 12.0. The summed E-state index contributed by atoms with van der Waals surface area (Å²) >= 11 is 0. The Morgan fingerprint density at radius 2 is 2.12 bits per heavy atom. The van der Waals surface area contributed by atoms with Gasteiger partial charge in [0, 0.05) is 29.9 Å². The molecule has 5 nitrogen and oxygen atoms in total. The molecule has 1 N–H and O–H groups in total. The topological polar surface area (TPSA) is 54.5 Å². The lowest BCUT2D eigenvalue weighted by Gasteiger charge is -2.33. The number of rotatable bonds is 4. The maximum atomic E-state index is 12.0. The van der Waals surface area contributed by atoms with Gasteiger partial charge in [-0.15, -0.1) is 0 Å². The fraction of sp³-hybridized carbons (Fsp3) is 0.500. The molecule has 1 aliphatic carbocycles. The van der Waals surface area contributed by atoms with Crippen LogP contribution in [0, 0.1) is 12.8 Å². The van der Waals surface area contributed by atoms with Crippen molar-refractivity contribution >= 4 is 28.2 Å². The molecule has 132 valence electrons. The van der Waals surface area contributed by atoms with E-state index in [2.05, 4.69) is 35.3 Å². The van der Waals surface area contributed by atoms with Crippen LogP contribution in [-0.2, 0) is 9.53 Å². The third-order valence-corrected chi connectivity index (χ3v) is 5.21. The van der Waals surface area contributed by atoms with Gasteiger partial charge in [-0.3, -0.25) is 4.79 Å². The molecule has 0 amide bonds. The van der Waals surface area contributed by atoms with Gasteiger partial charge in [-0.1, -0.05) is 17.7 Å². The normalized spacial score (nSPS) is 20.6. The number of hydrogen-bond acceptors (Lipinski definition) is 5. The van der Waals surface area contributed by atoms with Gasteiger partial charge in [0.25, 0.3) is 0 Å². The van der Waals surface area contributed by atoms with Crippen LogP contribution in [0.25, 0.3) is 10.8 Å². The molecule has 4 rings (SSSR count). The van der Waals surface area contributed by atoms with Crippen LogP contribution in [0.5, 0.6) is 0 Å². The highest BCUT2D eigenvalue weighted by Gasteiger charge is 2.28. The Morgan fingerprint density at radius 3 is 2.88 bits per heavy atom. The molecule has 2 aliphatic rings. The number of nitrogens with one attached hydrogen (secondary N) is 1. The van der Waals surface area contributed by atoms with Crippen molar-refractivity contribution < 1.29 is 9.53 Å². The van der Waals surface area contributed by atoms with Crippen molar-refractivity contribution in [3.63, 3.8) is 0 Å². The van der Waals surface area contributed by atoms with Crippen LogP contribution >= 0.6 is 0 Å². The first-order chi connectivity index (χ1) is 12.2. The molecule has 1 saturated heterocycles. The summed E-state index contributed by atoms with van der Waals surface area (Å²) < 4.78 is 4.95. The molecule has 1 aromatic heterocycles. The zero-order chi connectivity index (χ0) is 17.4. The number of methoxy groups -OCH3 is 1. The Hall–Kier alpha value is -2.30. The third kappa shape index (κ3) is 3.28. The summed E-state index contributed by atoms with van der Waals surface area (Å²) in [7, 11) is 1.47. The predicted octanol–water partition coefficient (Wildman–Crippen LogP) is 3.51. The Balaban J connectivity index is 1.71. The lowest BCUT2D eigenvalue weighted by atomic mass is 9.97. The Morgan fingerprint density at radius 1 is 1.28 bits per heavy atom. The molecule has 25 heavy (non-hydrogen) atoms. The summed E-state index contributed by atoms with van der Waals surface area (Å²) in [6, 6.07) is 7.13. The molecule has 0 spiro atoms. The summed E-state index contributed by atoms with van der Waals surface area (Å²) in [6.45, 7) is 3.72. The predicted molar refractivity (Wildman–Crippen MR) is 100 cm³/mol. The summed E-state index contributed by atoms with van der Waals surface area (Å²) in [6.07, 6.45) is 6.30. The zero-order valence-corrected chi connectivity index (χ0v) is 14.9.